The Morgan fingerprint density at radius 2 is 2.11 bits per heavy atom. The molecule has 6 heteroatoms. The maximum absolute atomic E-state index is 13.6. The summed E-state index contributed by atoms with van der Waals surface area (Å²) in [6, 6.07) is 1.59. The van der Waals surface area contributed by atoms with Crippen LogP contribution in [0.1, 0.15) is 29.3 Å². The molecule has 0 spiro atoms. The summed E-state index contributed by atoms with van der Waals surface area (Å²) in [6.45, 7) is 2.63. The van der Waals surface area contributed by atoms with Crippen molar-refractivity contribution in [3.63, 3.8) is 0 Å². The summed E-state index contributed by atoms with van der Waals surface area (Å²) < 4.78 is 28.5. The van der Waals surface area contributed by atoms with Crippen LogP contribution in [0.15, 0.2) is 24.5 Å². The number of hydrogen-bond donors (Lipinski definition) is 0. The molecule has 1 aromatic heterocycles. The van der Waals surface area contributed by atoms with Gasteiger partial charge in [0.05, 0.1) is 22.3 Å². The summed E-state index contributed by atoms with van der Waals surface area (Å²) in [5, 5.41) is 3.62. The van der Waals surface area contributed by atoms with Gasteiger partial charge in [-0.05, 0) is 18.6 Å². The molecule has 0 amide bonds. The third kappa shape index (κ3) is 2.81. The number of rotatable bonds is 4. The molecule has 1 aromatic carbocycles. The normalized spacial score (nSPS) is 10.7. The number of benzene rings is 1. The Hall–Kier alpha value is -1.75. The first-order valence-corrected chi connectivity index (χ1v) is 6.12. The van der Waals surface area contributed by atoms with Crippen LogP contribution < -0.4 is 0 Å². The third-order valence-corrected chi connectivity index (χ3v) is 2.89. The largest absolute Gasteiger partial charge is 0.288 e. The number of hydrogen-bond acceptors (Lipinski definition) is 2. The van der Waals surface area contributed by atoms with Crippen LogP contribution in [0.5, 0.6) is 0 Å². The molecule has 0 aliphatic rings. The predicted molar refractivity (Wildman–Crippen MR) is 67.3 cm³/mol. The summed E-state index contributed by atoms with van der Waals surface area (Å²) in [6.07, 6.45) is 3.71. The Morgan fingerprint density at radius 3 is 2.79 bits per heavy atom. The SMILES string of the molecule is CCCn1cc(C(=O)c2cc(F)c(Cl)cc2F)cn1. The average Bonchev–Trinajstić information content (AvgIpc) is 2.82. The van der Waals surface area contributed by atoms with Crippen LogP contribution in [-0.4, -0.2) is 15.6 Å². The van der Waals surface area contributed by atoms with Gasteiger partial charge in [-0.1, -0.05) is 18.5 Å². The molecule has 3 nitrogen and oxygen atoms in total. The van der Waals surface area contributed by atoms with E-state index in [1.165, 1.54) is 12.4 Å². The Balaban J connectivity index is 2.35. The second-order valence-electron chi connectivity index (χ2n) is 4.07. The molecule has 0 aliphatic heterocycles. The van der Waals surface area contributed by atoms with E-state index in [0.717, 1.165) is 18.6 Å². The van der Waals surface area contributed by atoms with Crippen molar-refractivity contribution in [2.45, 2.75) is 19.9 Å². The third-order valence-electron chi connectivity index (χ3n) is 2.60. The van der Waals surface area contributed by atoms with Gasteiger partial charge in [0.15, 0.2) is 5.78 Å². The standard InChI is InChI=1S/C13H11ClF2N2O/c1-2-3-18-7-8(6-17-18)13(19)9-4-12(16)10(14)5-11(9)15/h4-7H,2-3H2,1H3. The lowest BCUT2D eigenvalue weighted by Crippen LogP contribution is -2.04. The lowest BCUT2D eigenvalue weighted by molar-refractivity contribution is 0.103. The first kappa shape index (κ1) is 13.7. The molecular formula is C13H11ClF2N2O. The van der Waals surface area contributed by atoms with Gasteiger partial charge in [0.25, 0.3) is 0 Å². The monoisotopic (exact) mass is 284 g/mol. The maximum atomic E-state index is 13.6. The first-order valence-electron chi connectivity index (χ1n) is 5.74. The van der Waals surface area contributed by atoms with Crippen molar-refractivity contribution in [3.8, 4) is 0 Å². The van der Waals surface area contributed by atoms with Crippen LogP contribution in [0.2, 0.25) is 5.02 Å². The smallest absolute Gasteiger partial charge is 0.199 e. The van der Waals surface area contributed by atoms with E-state index >= 15 is 0 Å². The molecule has 0 atom stereocenters. The zero-order valence-electron chi connectivity index (χ0n) is 10.2. The van der Waals surface area contributed by atoms with E-state index in [2.05, 4.69) is 5.10 Å². The van der Waals surface area contributed by atoms with Crippen molar-refractivity contribution >= 4 is 17.4 Å². The Labute approximate surface area is 113 Å². The fraction of sp³-hybridized carbons (Fsp3) is 0.231. The van der Waals surface area contributed by atoms with Crippen LogP contribution in [0.25, 0.3) is 0 Å². The van der Waals surface area contributed by atoms with Gasteiger partial charge in [-0.15, -0.1) is 0 Å². The van der Waals surface area contributed by atoms with Gasteiger partial charge in [-0.3, -0.25) is 9.48 Å². The molecule has 0 saturated heterocycles. The summed E-state index contributed by atoms with van der Waals surface area (Å²) in [5.74, 6) is -2.29. The van der Waals surface area contributed by atoms with Gasteiger partial charge in [-0.2, -0.15) is 5.10 Å². The topological polar surface area (TPSA) is 34.9 Å². The number of carbonyl (C=O) groups excluding carboxylic acids is 1. The molecule has 100 valence electrons. The number of nitrogens with zero attached hydrogens (tertiary/aromatic N) is 2. The Kier molecular flexibility index (Phi) is 3.95. The van der Waals surface area contributed by atoms with Gasteiger partial charge in [0.2, 0.25) is 0 Å². The second kappa shape index (κ2) is 5.48. The summed E-state index contributed by atoms with van der Waals surface area (Å²) >= 11 is 5.44. The van der Waals surface area contributed by atoms with E-state index < -0.39 is 17.4 Å². The molecular weight excluding hydrogens is 274 g/mol. The molecule has 19 heavy (non-hydrogen) atoms. The minimum atomic E-state index is -0.848. The van der Waals surface area contributed by atoms with Crippen LogP contribution in [0, 0.1) is 11.6 Å². The van der Waals surface area contributed by atoms with Gasteiger partial charge in [0, 0.05) is 12.7 Å². The van der Waals surface area contributed by atoms with Crippen LogP contribution >= 0.6 is 11.6 Å². The lowest BCUT2D eigenvalue weighted by Gasteiger charge is -2.02. The summed E-state index contributed by atoms with van der Waals surface area (Å²) in [7, 11) is 0. The van der Waals surface area contributed by atoms with Crippen LogP contribution in [-0.2, 0) is 6.54 Å². The number of aryl methyl sites for hydroxylation is 1. The maximum Gasteiger partial charge on any atom is 0.199 e. The number of aromatic nitrogens is 2. The zero-order chi connectivity index (χ0) is 14.0. The number of ketones is 1. The second-order valence-corrected chi connectivity index (χ2v) is 4.47. The Morgan fingerprint density at radius 1 is 1.37 bits per heavy atom. The summed E-state index contributed by atoms with van der Waals surface area (Å²) in [5.41, 5.74) is -0.132. The van der Waals surface area contributed by atoms with E-state index in [0.29, 0.717) is 6.54 Å². The van der Waals surface area contributed by atoms with Crippen molar-refractivity contribution in [2.75, 3.05) is 0 Å². The zero-order valence-corrected chi connectivity index (χ0v) is 10.9. The highest BCUT2D eigenvalue weighted by Gasteiger charge is 2.18. The van der Waals surface area contributed by atoms with Crippen LogP contribution in [0.4, 0.5) is 8.78 Å². The minimum Gasteiger partial charge on any atom is -0.288 e. The first-order chi connectivity index (χ1) is 9.02. The predicted octanol–water partition coefficient (Wildman–Crippen LogP) is 3.46. The quantitative estimate of drug-likeness (QED) is 0.636. The highest BCUT2D eigenvalue weighted by atomic mass is 35.5. The average molecular weight is 285 g/mol. The molecule has 0 fully saturated rings. The van der Waals surface area contributed by atoms with E-state index in [9.17, 15) is 13.6 Å². The molecule has 1 heterocycles. The van der Waals surface area contributed by atoms with Crippen molar-refractivity contribution < 1.29 is 13.6 Å². The molecule has 2 aromatic rings. The van der Waals surface area contributed by atoms with E-state index in [1.54, 1.807) is 4.68 Å². The van der Waals surface area contributed by atoms with Gasteiger partial charge < -0.3 is 0 Å². The molecule has 0 unspecified atom stereocenters. The molecule has 0 radical (unpaired) electrons. The molecule has 0 aliphatic carbocycles. The van der Waals surface area contributed by atoms with E-state index in [1.807, 2.05) is 6.92 Å². The van der Waals surface area contributed by atoms with E-state index in [4.69, 9.17) is 11.6 Å². The highest BCUT2D eigenvalue weighted by Crippen LogP contribution is 2.21. The number of carbonyl (C=O) groups is 1. The number of halogens is 3. The van der Waals surface area contributed by atoms with E-state index in [-0.39, 0.29) is 16.1 Å². The fourth-order valence-electron chi connectivity index (χ4n) is 1.68. The minimum absolute atomic E-state index is 0.217. The molecule has 0 bridgehead atoms. The van der Waals surface area contributed by atoms with Crippen molar-refractivity contribution in [3.05, 3.63) is 52.3 Å². The van der Waals surface area contributed by atoms with Gasteiger partial charge in [-0.25, -0.2) is 8.78 Å². The van der Waals surface area contributed by atoms with Crippen molar-refractivity contribution in [2.24, 2.45) is 0 Å². The molecule has 2 rings (SSSR count). The Bertz CT molecular complexity index is 625. The van der Waals surface area contributed by atoms with Crippen molar-refractivity contribution in [1.29, 1.82) is 0 Å². The summed E-state index contributed by atoms with van der Waals surface area (Å²) in [4.78, 5) is 12.0. The lowest BCUT2D eigenvalue weighted by atomic mass is 10.1. The highest BCUT2D eigenvalue weighted by molar-refractivity contribution is 6.30. The van der Waals surface area contributed by atoms with Crippen molar-refractivity contribution in [1.82, 2.24) is 9.78 Å². The van der Waals surface area contributed by atoms with Gasteiger partial charge >= 0.3 is 0 Å². The molecule has 0 N–H and O–H groups in total. The van der Waals surface area contributed by atoms with Gasteiger partial charge in [0.1, 0.15) is 11.6 Å². The molecule has 0 saturated carbocycles. The fourth-order valence-corrected chi connectivity index (χ4v) is 1.83. The van der Waals surface area contributed by atoms with Crippen LogP contribution in [0.3, 0.4) is 0 Å².